The molecule has 1 aromatic rings. The van der Waals surface area contributed by atoms with Gasteiger partial charge in [-0.1, -0.05) is 6.07 Å². The summed E-state index contributed by atoms with van der Waals surface area (Å²) in [4.78, 5) is 14.1. The Morgan fingerprint density at radius 3 is 2.75 bits per heavy atom. The Hall–Kier alpha value is -1.51. The smallest absolute Gasteiger partial charge is 0.254 e. The van der Waals surface area contributed by atoms with Gasteiger partial charge in [0, 0.05) is 18.2 Å². The number of carbonyl (C=O) groups is 1. The lowest BCUT2D eigenvalue weighted by Gasteiger charge is -2.31. The number of ether oxygens (including phenoxy) is 1. The first-order chi connectivity index (χ1) is 7.63. The van der Waals surface area contributed by atoms with Gasteiger partial charge in [-0.25, -0.2) is 0 Å². The average Bonchev–Trinajstić information content (AvgIpc) is 2.28. The number of carbonyl (C=O) groups excluding carboxylic acids is 1. The predicted octanol–water partition coefficient (Wildman–Crippen LogP) is 2.10. The molecule has 1 aliphatic heterocycles. The molecule has 0 saturated carbocycles. The van der Waals surface area contributed by atoms with E-state index in [0.717, 1.165) is 29.8 Å². The predicted molar refractivity (Wildman–Crippen MR) is 62.9 cm³/mol. The van der Waals surface area contributed by atoms with Gasteiger partial charge >= 0.3 is 0 Å². The maximum atomic E-state index is 12.2. The van der Waals surface area contributed by atoms with Crippen LogP contribution in [0.5, 0.6) is 5.75 Å². The Labute approximate surface area is 96.0 Å². The molecule has 1 aromatic carbocycles. The van der Waals surface area contributed by atoms with Gasteiger partial charge in [0.25, 0.3) is 5.91 Å². The van der Waals surface area contributed by atoms with Crippen LogP contribution in [-0.2, 0) is 6.42 Å². The molecule has 86 valence electrons. The Balaban J connectivity index is 2.38. The van der Waals surface area contributed by atoms with E-state index < -0.39 is 0 Å². The molecule has 0 atom stereocenters. The van der Waals surface area contributed by atoms with Crippen LogP contribution in [0.15, 0.2) is 18.2 Å². The molecule has 0 aromatic heterocycles. The third-order valence-corrected chi connectivity index (χ3v) is 3.05. The van der Waals surface area contributed by atoms with E-state index in [1.807, 2.05) is 36.9 Å². The Morgan fingerprint density at radius 1 is 1.38 bits per heavy atom. The van der Waals surface area contributed by atoms with Crippen LogP contribution < -0.4 is 4.74 Å². The van der Waals surface area contributed by atoms with E-state index in [2.05, 4.69) is 0 Å². The van der Waals surface area contributed by atoms with Crippen LogP contribution in [0.4, 0.5) is 0 Å². The fourth-order valence-corrected chi connectivity index (χ4v) is 2.09. The highest BCUT2D eigenvalue weighted by atomic mass is 16.5. The number of rotatable bonds is 2. The largest absolute Gasteiger partial charge is 0.497 e. The Bertz CT molecular complexity index is 412. The zero-order valence-electron chi connectivity index (χ0n) is 9.99. The normalized spacial score (nSPS) is 15.2. The number of amides is 1. The number of hydrogen-bond donors (Lipinski definition) is 0. The molecule has 1 aliphatic rings. The van der Waals surface area contributed by atoms with Crippen molar-refractivity contribution in [2.75, 3.05) is 13.7 Å². The Kier molecular flexibility index (Phi) is 2.86. The monoisotopic (exact) mass is 219 g/mol. The second-order valence-corrected chi connectivity index (χ2v) is 4.37. The molecule has 0 saturated heterocycles. The summed E-state index contributed by atoms with van der Waals surface area (Å²) >= 11 is 0. The number of methoxy groups -OCH3 is 1. The molecule has 0 fully saturated rings. The van der Waals surface area contributed by atoms with Crippen molar-refractivity contribution in [3.05, 3.63) is 29.3 Å². The van der Waals surface area contributed by atoms with Gasteiger partial charge in [-0.05, 0) is 38.0 Å². The van der Waals surface area contributed by atoms with Gasteiger partial charge in [0.1, 0.15) is 5.75 Å². The second kappa shape index (κ2) is 4.16. The summed E-state index contributed by atoms with van der Waals surface area (Å²) in [7, 11) is 1.62. The molecule has 16 heavy (non-hydrogen) atoms. The lowest BCUT2D eigenvalue weighted by Crippen LogP contribution is -2.42. The summed E-state index contributed by atoms with van der Waals surface area (Å²) in [6, 6.07) is 6.00. The minimum Gasteiger partial charge on any atom is -0.497 e. The molecule has 0 bridgehead atoms. The molecule has 3 nitrogen and oxygen atoms in total. The van der Waals surface area contributed by atoms with Gasteiger partial charge in [-0.3, -0.25) is 4.79 Å². The van der Waals surface area contributed by atoms with E-state index in [4.69, 9.17) is 4.74 Å². The molecule has 0 N–H and O–H groups in total. The summed E-state index contributed by atoms with van der Waals surface area (Å²) in [5.74, 6) is 0.868. The minimum atomic E-state index is 0.121. The molecule has 3 heteroatoms. The fraction of sp³-hybridized carbons (Fsp3) is 0.462. The van der Waals surface area contributed by atoms with Gasteiger partial charge in [0.05, 0.1) is 7.11 Å². The van der Waals surface area contributed by atoms with Crippen LogP contribution in [0, 0.1) is 0 Å². The first kappa shape index (κ1) is 11.0. The van der Waals surface area contributed by atoms with E-state index in [1.54, 1.807) is 7.11 Å². The van der Waals surface area contributed by atoms with Crippen molar-refractivity contribution in [3.8, 4) is 5.75 Å². The van der Waals surface area contributed by atoms with Crippen molar-refractivity contribution in [3.63, 3.8) is 0 Å². The van der Waals surface area contributed by atoms with Crippen molar-refractivity contribution in [2.24, 2.45) is 0 Å². The van der Waals surface area contributed by atoms with Crippen molar-refractivity contribution in [1.29, 1.82) is 0 Å². The van der Waals surface area contributed by atoms with E-state index in [9.17, 15) is 4.79 Å². The average molecular weight is 219 g/mol. The molecular formula is C13H17NO2. The van der Waals surface area contributed by atoms with Crippen molar-refractivity contribution >= 4 is 5.91 Å². The molecule has 0 spiro atoms. The molecule has 1 heterocycles. The molecule has 0 aliphatic carbocycles. The van der Waals surface area contributed by atoms with Crippen LogP contribution in [-0.4, -0.2) is 30.5 Å². The maximum Gasteiger partial charge on any atom is 0.254 e. The first-order valence-electron chi connectivity index (χ1n) is 5.61. The summed E-state index contributed by atoms with van der Waals surface area (Å²) in [6.45, 7) is 4.90. The molecule has 0 unspecified atom stereocenters. The molecule has 0 radical (unpaired) electrons. The van der Waals surface area contributed by atoms with Gasteiger partial charge in [-0.2, -0.15) is 0 Å². The van der Waals surface area contributed by atoms with Crippen LogP contribution in [0.1, 0.15) is 29.8 Å². The molecular weight excluding hydrogens is 202 g/mol. The summed E-state index contributed by atoms with van der Waals surface area (Å²) in [5, 5.41) is 0. The van der Waals surface area contributed by atoms with Crippen molar-refractivity contribution < 1.29 is 9.53 Å². The lowest BCUT2D eigenvalue weighted by atomic mass is 9.98. The standard InChI is InChI=1S/C13H17NO2/c1-9(2)14-7-6-10-4-5-11(16-3)8-12(10)13(14)15/h4-5,8-9H,6-7H2,1-3H3. The minimum absolute atomic E-state index is 0.121. The third-order valence-electron chi connectivity index (χ3n) is 3.05. The van der Waals surface area contributed by atoms with Crippen LogP contribution in [0.2, 0.25) is 0 Å². The highest BCUT2D eigenvalue weighted by molar-refractivity contribution is 5.97. The fourth-order valence-electron chi connectivity index (χ4n) is 2.09. The van der Waals surface area contributed by atoms with Crippen LogP contribution in [0.25, 0.3) is 0 Å². The summed E-state index contributed by atoms with van der Waals surface area (Å²) in [6.07, 6.45) is 0.934. The number of benzene rings is 1. The van der Waals surface area contributed by atoms with E-state index in [0.29, 0.717) is 0 Å². The van der Waals surface area contributed by atoms with Gasteiger partial charge in [0.15, 0.2) is 0 Å². The van der Waals surface area contributed by atoms with E-state index >= 15 is 0 Å². The van der Waals surface area contributed by atoms with E-state index in [1.165, 1.54) is 0 Å². The van der Waals surface area contributed by atoms with Crippen LogP contribution in [0.3, 0.4) is 0 Å². The van der Waals surface area contributed by atoms with E-state index in [-0.39, 0.29) is 11.9 Å². The summed E-state index contributed by atoms with van der Waals surface area (Å²) in [5.41, 5.74) is 1.92. The lowest BCUT2D eigenvalue weighted by molar-refractivity contribution is 0.0688. The summed E-state index contributed by atoms with van der Waals surface area (Å²) < 4.78 is 5.15. The third kappa shape index (κ3) is 1.77. The van der Waals surface area contributed by atoms with Crippen LogP contribution >= 0.6 is 0 Å². The highest BCUT2D eigenvalue weighted by Gasteiger charge is 2.26. The van der Waals surface area contributed by atoms with Crippen molar-refractivity contribution in [1.82, 2.24) is 4.90 Å². The Morgan fingerprint density at radius 2 is 2.12 bits per heavy atom. The topological polar surface area (TPSA) is 29.5 Å². The SMILES string of the molecule is COc1ccc2c(c1)C(=O)N(C(C)C)CC2. The first-order valence-corrected chi connectivity index (χ1v) is 5.61. The quantitative estimate of drug-likeness (QED) is 0.762. The van der Waals surface area contributed by atoms with Gasteiger partial charge < -0.3 is 9.64 Å². The van der Waals surface area contributed by atoms with Crippen molar-refractivity contribution in [2.45, 2.75) is 26.3 Å². The highest BCUT2D eigenvalue weighted by Crippen LogP contribution is 2.24. The van der Waals surface area contributed by atoms with Gasteiger partial charge in [0.2, 0.25) is 0 Å². The number of hydrogen-bond acceptors (Lipinski definition) is 2. The molecule has 2 rings (SSSR count). The zero-order chi connectivity index (χ0) is 11.7. The maximum absolute atomic E-state index is 12.2. The van der Waals surface area contributed by atoms with Gasteiger partial charge in [-0.15, -0.1) is 0 Å². The molecule has 1 amide bonds. The number of nitrogens with zero attached hydrogens (tertiary/aromatic N) is 1. The second-order valence-electron chi connectivity index (χ2n) is 4.37. The zero-order valence-corrected chi connectivity index (χ0v) is 9.99. The number of fused-ring (bicyclic) bond motifs is 1.